The number of hydrogen-bond donors (Lipinski definition) is 1. The molecule has 18 heavy (non-hydrogen) atoms. The van der Waals surface area contributed by atoms with Crippen molar-refractivity contribution in [1.82, 2.24) is 4.98 Å². The molecule has 0 amide bonds. The molecule has 2 atom stereocenters. The zero-order valence-electron chi connectivity index (χ0n) is 10.7. The van der Waals surface area contributed by atoms with E-state index in [1.54, 1.807) is 11.3 Å². The van der Waals surface area contributed by atoms with Gasteiger partial charge in [-0.05, 0) is 49.9 Å². The van der Waals surface area contributed by atoms with Gasteiger partial charge in [0.2, 0.25) is 0 Å². The van der Waals surface area contributed by atoms with E-state index >= 15 is 0 Å². The standard InChI is InChI=1S/C15H17NOS/c1-9-8-13(18-10(9)2)15(17)12-6-5-11-4-3-7-16-14(11)12/h3-4,7-8,12,15,17H,5-6H2,1-2H3. The van der Waals surface area contributed by atoms with Gasteiger partial charge in [0, 0.05) is 27.6 Å². The molecule has 0 saturated carbocycles. The lowest BCUT2D eigenvalue weighted by Crippen LogP contribution is -2.07. The smallest absolute Gasteiger partial charge is 0.0965 e. The zero-order chi connectivity index (χ0) is 12.7. The van der Waals surface area contributed by atoms with Crippen molar-refractivity contribution in [3.05, 3.63) is 51.0 Å². The molecule has 1 N–H and O–H groups in total. The Morgan fingerprint density at radius 2 is 2.28 bits per heavy atom. The number of aryl methyl sites for hydroxylation is 3. The summed E-state index contributed by atoms with van der Waals surface area (Å²) in [6.07, 6.45) is 3.46. The zero-order valence-corrected chi connectivity index (χ0v) is 11.5. The van der Waals surface area contributed by atoms with Crippen LogP contribution in [-0.4, -0.2) is 10.1 Å². The largest absolute Gasteiger partial charge is 0.387 e. The monoisotopic (exact) mass is 259 g/mol. The molecular formula is C15H17NOS. The van der Waals surface area contributed by atoms with Crippen LogP contribution in [0.2, 0.25) is 0 Å². The molecule has 2 heterocycles. The summed E-state index contributed by atoms with van der Waals surface area (Å²) in [6, 6.07) is 6.22. The number of rotatable bonds is 2. The maximum absolute atomic E-state index is 10.6. The molecule has 0 spiro atoms. The Bertz CT molecular complexity index is 556. The molecule has 0 aromatic carbocycles. The first-order valence-corrected chi connectivity index (χ1v) is 7.17. The molecule has 0 aliphatic heterocycles. The van der Waals surface area contributed by atoms with Crippen molar-refractivity contribution in [1.29, 1.82) is 0 Å². The van der Waals surface area contributed by atoms with E-state index in [1.165, 1.54) is 16.0 Å². The van der Waals surface area contributed by atoms with Crippen LogP contribution in [0.15, 0.2) is 24.4 Å². The van der Waals surface area contributed by atoms with E-state index in [-0.39, 0.29) is 5.92 Å². The SMILES string of the molecule is Cc1cc(C(O)C2CCc3cccnc32)sc1C. The van der Waals surface area contributed by atoms with Crippen LogP contribution in [0.1, 0.15) is 45.0 Å². The minimum Gasteiger partial charge on any atom is -0.387 e. The fourth-order valence-corrected chi connectivity index (χ4v) is 3.79. The second-order valence-corrected chi connectivity index (χ2v) is 6.31. The van der Waals surface area contributed by atoms with E-state index in [0.717, 1.165) is 23.4 Å². The molecule has 3 rings (SSSR count). The van der Waals surface area contributed by atoms with Crippen LogP contribution >= 0.6 is 11.3 Å². The quantitative estimate of drug-likeness (QED) is 0.895. The number of pyridine rings is 1. The summed E-state index contributed by atoms with van der Waals surface area (Å²) in [5.41, 5.74) is 3.66. The second kappa shape index (κ2) is 4.48. The Morgan fingerprint density at radius 3 is 3.00 bits per heavy atom. The summed E-state index contributed by atoms with van der Waals surface area (Å²) in [7, 11) is 0. The first kappa shape index (κ1) is 11.9. The molecule has 0 radical (unpaired) electrons. The van der Waals surface area contributed by atoms with Gasteiger partial charge in [-0.15, -0.1) is 11.3 Å². The van der Waals surface area contributed by atoms with Crippen LogP contribution in [0, 0.1) is 13.8 Å². The highest BCUT2D eigenvalue weighted by atomic mass is 32.1. The summed E-state index contributed by atoms with van der Waals surface area (Å²) < 4.78 is 0. The number of aliphatic hydroxyl groups is 1. The summed E-state index contributed by atoms with van der Waals surface area (Å²) in [5.74, 6) is 0.165. The molecule has 94 valence electrons. The van der Waals surface area contributed by atoms with Crippen molar-refractivity contribution in [2.24, 2.45) is 0 Å². The predicted octanol–water partition coefficient (Wildman–Crippen LogP) is 3.52. The van der Waals surface area contributed by atoms with E-state index in [0.29, 0.717) is 0 Å². The first-order chi connectivity index (χ1) is 8.66. The molecule has 2 aromatic heterocycles. The van der Waals surface area contributed by atoms with Gasteiger partial charge in [-0.3, -0.25) is 4.98 Å². The lowest BCUT2D eigenvalue weighted by molar-refractivity contribution is 0.147. The van der Waals surface area contributed by atoms with Gasteiger partial charge in [-0.2, -0.15) is 0 Å². The molecular weight excluding hydrogens is 242 g/mol. The van der Waals surface area contributed by atoms with E-state index in [2.05, 4.69) is 31.0 Å². The van der Waals surface area contributed by atoms with E-state index < -0.39 is 6.10 Å². The highest BCUT2D eigenvalue weighted by molar-refractivity contribution is 7.12. The maximum Gasteiger partial charge on any atom is 0.0965 e. The maximum atomic E-state index is 10.6. The van der Waals surface area contributed by atoms with Crippen molar-refractivity contribution in [3.63, 3.8) is 0 Å². The fourth-order valence-electron chi connectivity index (χ4n) is 2.70. The number of aromatic nitrogens is 1. The van der Waals surface area contributed by atoms with Crippen molar-refractivity contribution >= 4 is 11.3 Å². The summed E-state index contributed by atoms with van der Waals surface area (Å²) in [6.45, 7) is 4.21. The van der Waals surface area contributed by atoms with Crippen LogP contribution in [0.4, 0.5) is 0 Å². The van der Waals surface area contributed by atoms with Gasteiger partial charge < -0.3 is 5.11 Å². The Morgan fingerprint density at radius 1 is 1.44 bits per heavy atom. The summed E-state index contributed by atoms with van der Waals surface area (Å²) in [4.78, 5) is 6.83. The molecule has 2 unspecified atom stereocenters. The molecule has 0 saturated heterocycles. The molecule has 2 aromatic rings. The van der Waals surface area contributed by atoms with Gasteiger partial charge in [0.25, 0.3) is 0 Å². The lowest BCUT2D eigenvalue weighted by atomic mass is 9.98. The van der Waals surface area contributed by atoms with Crippen LogP contribution < -0.4 is 0 Å². The summed E-state index contributed by atoms with van der Waals surface area (Å²) in [5, 5.41) is 10.6. The highest BCUT2D eigenvalue weighted by Crippen LogP contribution is 2.42. The van der Waals surface area contributed by atoms with E-state index in [1.807, 2.05) is 12.3 Å². The number of hydrogen-bond acceptors (Lipinski definition) is 3. The average molecular weight is 259 g/mol. The predicted molar refractivity (Wildman–Crippen MR) is 74.1 cm³/mol. The highest BCUT2D eigenvalue weighted by Gasteiger charge is 2.31. The first-order valence-electron chi connectivity index (χ1n) is 6.35. The molecule has 0 fully saturated rings. The van der Waals surface area contributed by atoms with Crippen molar-refractivity contribution in [2.75, 3.05) is 0 Å². The van der Waals surface area contributed by atoms with Crippen LogP contribution in [0.3, 0.4) is 0 Å². The van der Waals surface area contributed by atoms with Crippen molar-refractivity contribution < 1.29 is 5.11 Å². The van der Waals surface area contributed by atoms with Crippen LogP contribution in [0.25, 0.3) is 0 Å². The Labute approximate surface area is 111 Å². The molecule has 1 aliphatic rings. The van der Waals surface area contributed by atoms with Gasteiger partial charge >= 0.3 is 0 Å². The number of aliphatic hydroxyl groups excluding tert-OH is 1. The second-order valence-electron chi connectivity index (χ2n) is 5.03. The molecule has 1 aliphatic carbocycles. The lowest BCUT2D eigenvalue weighted by Gasteiger charge is -2.16. The van der Waals surface area contributed by atoms with Gasteiger partial charge in [0.1, 0.15) is 0 Å². The number of fused-ring (bicyclic) bond motifs is 1. The summed E-state index contributed by atoms with van der Waals surface area (Å²) >= 11 is 1.71. The van der Waals surface area contributed by atoms with Crippen LogP contribution in [0.5, 0.6) is 0 Å². The van der Waals surface area contributed by atoms with Gasteiger partial charge in [-0.25, -0.2) is 0 Å². The third-order valence-electron chi connectivity index (χ3n) is 3.86. The topological polar surface area (TPSA) is 33.1 Å². The van der Waals surface area contributed by atoms with Gasteiger partial charge in [0.05, 0.1) is 6.10 Å². The normalized spacial score (nSPS) is 19.8. The van der Waals surface area contributed by atoms with Gasteiger partial charge in [-0.1, -0.05) is 6.07 Å². The van der Waals surface area contributed by atoms with E-state index in [4.69, 9.17) is 0 Å². The fraction of sp³-hybridized carbons (Fsp3) is 0.400. The number of nitrogens with zero attached hydrogens (tertiary/aromatic N) is 1. The Kier molecular flexibility index (Phi) is 2.96. The molecule has 0 bridgehead atoms. The third-order valence-corrected chi connectivity index (χ3v) is 5.08. The van der Waals surface area contributed by atoms with Gasteiger partial charge in [0.15, 0.2) is 0 Å². The Balaban J connectivity index is 1.92. The minimum atomic E-state index is -0.404. The van der Waals surface area contributed by atoms with Crippen molar-refractivity contribution in [3.8, 4) is 0 Å². The average Bonchev–Trinajstić information content (AvgIpc) is 2.93. The van der Waals surface area contributed by atoms with E-state index in [9.17, 15) is 5.11 Å². The van der Waals surface area contributed by atoms with Crippen LogP contribution in [-0.2, 0) is 6.42 Å². The third kappa shape index (κ3) is 1.88. The number of thiophene rings is 1. The van der Waals surface area contributed by atoms with Crippen molar-refractivity contribution in [2.45, 2.75) is 38.7 Å². The minimum absolute atomic E-state index is 0.165. The molecule has 3 heteroatoms. The Hall–Kier alpha value is -1.19. The molecule has 2 nitrogen and oxygen atoms in total.